The SMILES string of the molecule is CC(NCCN(C)C(C)C)C(N)=NO. The topological polar surface area (TPSA) is 73.9 Å². The first-order valence-electron chi connectivity index (χ1n) is 4.90. The molecule has 0 saturated carbocycles. The molecule has 4 N–H and O–H groups in total. The molecule has 0 aliphatic heterocycles. The fourth-order valence-corrected chi connectivity index (χ4v) is 0.907. The second-order valence-electron chi connectivity index (χ2n) is 3.78. The van der Waals surface area contributed by atoms with Crippen molar-refractivity contribution < 1.29 is 5.21 Å². The van der Waals surface area contributed by atoms with Gasteiger partial charge < -0.3 is 21.2 Å². The van der Waals surface area contributed by atoms with Crippen LogP contribution in [0, 0.1) is 0 Å². The van der Waals surface area contributed by atoms with Crippen LogP contribution in [0.15, 0.2) is 5.16 Å². The highest BCUT2D eigenvalue weighted by atomic mass is 16.4. The van der Waals surface area contributed by atoms with Crippen LogP contribution in [0.4, 0.5) is 0 Å². The van der Waals surface area contributed by atoms with Crippen molar-refractivity contribution in [2.45, 2.75) is 32.9 Å². The maximum absolute atomic E-state index is 8.41. The molecule has 0 spiro atoms. The van der Waals surface area contributed by atoms with Gasteiger partial charge in [0.1, 0.15) is 0 Å². The van der Waals surface area contributed by atoms with E-state index in [-0.39, 0.29) is 11.9 Å². The van der Waals surface area contributed by atoms with Crippen LogP contribution in [-0.2, 0) is 0 Å². The fourth-order valence-electron chi connectivity index (χ4n) is 0.907. The van der Waals surface area contributed by atoms with E-state index >= 15 is 0 Å². The number of rotatable bonds is 6. The lowest BCUT2D eigenvalue weighted by atomic mass is 10.3. The minimum Gasteiger partial charge on any atom is -0.409 e. The molecular weight excluding hydrogens is 180 g/mol. The van der Waals surface area contributed by atoms with Crippen molar-refractivity contribution in [1.82, 2.24) is 10.2 Å². The van der Waals surface area contributed by atoms with Gasteiger partial charge in [0, 0.05) is 19.1 Å². The van der Waals surface area contributed by atoms with Crippen LogP contribution in [-0.4, -0.2) is 48.2 Å². The quantitative estimate of drug-likeness (QED) is 0.246. The van der Waals surface area contributed by atoms with Gasteiger partial charge in [0.05, 0.1) is 6.04 Å². The van der Waals surface area contributed by atoms with Crippen molar-refractivity contribution in [2.24, 2.45) is 10.9 Å². The summed E-state index contributed by atoms with van der Waals surface area (Å²) in [4.78, 5) is 2.23. The second-order valence-corrected chi connectivity index (χ2v) is 3.78. The van der Waals surface area contributed by atoms with Crippen molar-refractivity contribution in [2.75, 3.05) is 20.1 Å². The second kappa shape index (κ2) is 6.62. The molecule has 14 heavy (non-hydrogen) atoms. The zero-order valence-corrected chi connectivity index (χ0v) is 9.49. The number of hydrogen-bond donors (Lipinski definition) is 3. The van der Waals surface area contributed by atoms with Crippen molar-refractivity contribution in [3.63, 3.8) is 0 Å². The van der Waals surface area contributed by atoms with E-state index < -0.39 is 0 Å². The maximum Gasteiger partial charge on any atom is 0.156 e. The van der Waals surface area contributed by atoms with E-state index in [1.807, 2.05) is 6.92 Å². The Kier molecular flexibility index (Phi) is 6.23. The van der Waals surface area contributed by atoms with Gasteiger partial charge in [0.15, 0.2) is 5.84 Å². The predicted molar refractivity (Wildman–Crippen MR) is 58.6 cm³/mol. The molecule has 0 fully saturated rings. The summed E-state index contributed by atoms with van der Waals surface area (Å²) in [6.07, 6.45) is 0. The van der Waals surface area contributed by atoms with Crippen LogP contribution in [0.2, 0.25) is 0 Å². The minimum absolute atomic E-state index is 0.0828. The Hall–Kier alpha value is -0.810. The summed E-state index contributed by atoms with van der Waals surface area (Å²) >= 11 is 0. The molecule has 1 unspecified atom stereocenters. The smallest absolute Gasteiger partial charge is 0.156 e. The molecule has 5 heteroatoms. The van der Waals surface area contributed by atoms with Gasteiger partial charge in [0.2, 0.25) is 0 Å². The largest absolute Gasteiger partial charge is 0.409 e. The maximum atomic E-state index is 8.41. The monoisotopic (exact) mass is 202 g/mol. The van der Waals surface area contributed by atoms with Gasteiger partial charge in [-0.25, -0.2) is 0 Å². The number of amidine groups is 1. The van der Waals surface area contributed by atoms with Crippen LogP contribution in [0.5, 0.6) is 0 Å². The Labute approximate surface area is 86.0 Å². The molecule has 5 nitrogen and oxygen atoms in total. The van der Waals surface area contributed by atoms with E-state index in [9.17, 15) is 0 Å². The Morgan fingerprint density at radius 3 is 2.50 bits per heavy atom. The molecule has 0 aliphatic carbocycles. The molecule has 0 rings (SSSR count). The minimum atomic E-state index is -0.0828. The molecule has 0 saturated heterocycles. The summed E-state index contributed by atoms with van der Waals surface area (Å²) in [5.74, 6) is 0.220. The molecule has 0 radical (unpaired) electrons. The van der Waals surface area contributed by atoms with E-state index in [1.165, 1.54) is 0 Å². The molecule has 0 amide bonds. The van der Waals surface area contributed by atoms with E-state index in [2.05, 4.69) is 36.3 Å². The summed E-state index contributed by atoms with van der Waals surface area (Å²) in [6.45, 7) is 7.93. The first-order chi connectivity index (χ1) is 6.49. The van der Waals surface area contributed by atoms with Gasteiger partial charge in [-0.1, -0.05) is 5.16 Å². The Morgan fingerprint density at radius 2 is 2.07 bits per heavy atom. The molecule has 0 aliphatic rings. The summed E-state index contributed by atoms with van der Waals surface area (Å²) in [5.41, 5.74) is 5.42. The van der Waals surface area contributed by atoms with Crippen LogP contribution in [0.3, 0.4) is 0 Å². The van der Waals surface area contributed by atoms with Crippen molar-refractivity contribution in [1.29, 1.82) is 0 Å². The van der Waals surface area contributed by atoms with Gasteiger partial charge in [0.25, 0.3) is 0 Å². The number of nitrogens with one attached hydrogen (secondary N) is 1. The lowest BCUT2D eigenvalue weighted by Gasteiger charge is -2.22. The number of nitrogens with zero attached hydrogens (tertiary/aromatic N) is 2. The average Bonchev–Trinajstić information content (AvgIpc) is 2.15. The lowest BCUT2D eigenvalue weighted by Crippen LogP contribution is -2.43. The van der Waals surface area contributed by atoms with Crippen molar-refractivity contribution >= 4 is 5.84 Å². The highest BCUT2D eigenvalue weighted by Crippen LogP contribution is 1.91. The van der Waals surface area contributed by atoms with Gasteiger partial charge in [-0.2, -0.15) is 0 Å². The normalized spacial score (nSPS) is 15.1. The van der Waals surface area contributed by atoms with Crippen molar-refractivity contribution in [3.8, 4) is 0 Å². The summed E-state index contributed by atoms with van der Waals surface area (Å²) in [5, 5.41) is 14.5. The van der Waals surface area contributed by atoms with Crippen LogP contribution < -0.4 is 11.1 Å². The third-order valence-corrected chi connectivity index (χ3v) is 2.36. The van der Waals surface area contributed by atoms with Gasteiger partial charge in [-0.3, -0.25) is 0 Å². The molecule has 0 aromatic heterocycles. The highest BCUT2D eigenvalue weighted by molar-refractivity contribution is 5.84. The average molecular weight is 202 g/mol. The van der Waals surface area contributed by atoms with Crippen LogP contribution in [0.25, 0.3) is 0 Å². The Bertz CT molecular complexity index is 182. The zero-order valence-electron chi connectivity index (χ0n) is 9.49. The molecule has 0 heterocycles. The lowest BCUT2D eigenvalue weighted by molar-refractivity contribution is 0.271. The Balaban J connectivity index is 3.64. The summed E-state index contributed by atoms with van der Waals surface area (Å²) < 4.78 is 0. The molecule has 0 aromatic rings. The fraction of sp³-hybridized carbons (Fsp3) is 0.889. The molecule has 1 atom stereocenters. The Morgan fingerprint density at radius 1 is 1.50 bits per heavy atom. The van der Waals surface area contributed by atoms with E-state index in [0.29, 0.717) is 6.04 Å². The standard InChI is InChI=1S/C9H22N4O/c1-7(2)13(4)6-5-11-8(3)9(10)12-14/h7-8,11,14H,5-6H2,1-4H3,(H2,10,12). The number of oxime groups is 1. The van der Waals surface area contributed by atoms with E-state index in [0.717, 1.165) is 13.1 Å². The third kappa shape index (κ3) is 5.04. The van der Waals surface area contributed by atoms with Crippen LogP contribution in [0.1, 0.15) is 20.8 Å². The first kappa shape index (κ1) is 13.2. The molecule has 0 aromatic carbocycles. The predicted octanol–water partition coefficient (Wildman–Crippen LogP) is 0.0511. The third-order valence-electron chi connectivity index (χ3n) is 2.36. The summed E-state index contributed by atoms with van der Waals surface area (Å²) in [6, 6.07) is 0.455. The number of hydrogen-bond acceptors (Lipinski definition) is 4. The molecule has 0 bridgehead atoms. The van der Waals surface area contributed by atoms with Crippen molar-refractivity contribution in [3.05, 3.63) is 0 Å². The van der Waals surface area contributed by atoms with Gasteiger partial charge >= 0.3 is 0 Å². The van der Waals surface area contributed by atoms with Gasteiger partial charge in [-0.05, 0) is 27.8 Å². The van der Waals surface area contributed by atoms with Crippen LogP contribution >= 0.6 is 0 Å². The van der Waals surface area contributed by atoms with Gasteiger partial charge in [-0.15, -0.1) is 0 Å². The highest BCUT2D eigenvalue weighted by Gasteiger charge is 2.07. The number of likely N-dealkylation sites (N-methyl/N-ethyl adjacent to an activating group) is 1. The van der Waals surface area contributed by atoms with E-state index in [1.54, 1.807) is 0 Å². The molecular formula is C9H22N4O. The number of nitrogens with two attached hydrogens (primary N) is 1. The first-order valence-corrected chi connectivity index (χ1v) is 4.90. The zero-order chi connectivity index (χ0) is 11.1. The van der Waals surface area contributed by atoms with E-state index in [4.69, 9.17) is 10.9 Å². The summed E-state index contributed by atoms with van der Waals surface area (Å²) in [7, 11) is 2.07. The molecule has 84 valence electrons.